The molecule has 5 nitrogen and oxygen atoms in total. The lowest BCUT2D eigenvalue weighted by molar-refractivity contribution is -0.145. The van der Waals surface area contributed by atoms with Gasteiger partial charge in [0, 0.05) is 24.9 Å². The Morgan fingerprint density at radius 3 is 2.60 bits per heavy atom. The number of β-lactam (4-membered cyclic amide) rings is 1. The smallest absolute Gasteiger partial charge is 0.302 e. The Hall–Kier alpha value is -1.10. The molecule has 1 rings (SSSR count). The van der Waals surface area contributed by atoms with E-state index in [1.807, 2.05) is 13.8 Å². The highest BCUT2D eigenvalue weighted by Crippen LogP contribution is 2.24. The number of amides is 1. The molecule has 0 bridgehead atoms. The maximum atomic E-state index is 11.2. The first-order valence-electron chi connectivity index (χ1n) is 5.12. The van der Waals surface area contributed by atoms with Crippen LogP contribution in [0.2, 0.25) is 0 Å². The van der Waals surface area contributed by atoms with Crippen molar-refractivity contribution in [1.29, 1.82) is 0 Å². The van der Waals surface area contributed by atoms with Crippen molar-refractivity contribution in [3.8, 4) is 0 Å². The van der Waals surface area contributed by atoms with Gasteiger partial charge in [-0.2, -0.15) is 0 Å². The molecule has 0 aromatic heterocycles. The fourth-order valence-corrected chi connectivity index (χ4v) is 1.83. The number of hydrogen-bond acceptors (Lipinski definition) is 4. The molecule has 2 unspecified atom stereocenters. The number of nitrogens with two attached hydrogens (primary N) is 1. The van der Waals surface area contributed by atoms with E-state index in [0.29, 0.717) is 6.61 Å². The Labute approximate surface area is 89.3 Å². The predicted molar refractivity (Wildman–Crippen MR) is 54.9 cm³/mol. The van der Waals surface area contributed by atoms with E-state index in [4.69, 9.17) is 10.5 Å². The minimum absolute atomic E-state index is 0.00956. The number of rotatable bonds is 4. The molecule has 4 atom stereocenters. The highest BCUT2D eigenvalue weighted by molar-refractivity contribution is 5.86. The molecule has 5 heteroatoms. The molecule has 3 N–H and O–H groups in total. The average Bonchev–Trinajstić information content (AvgIpc) is 2.08. The lowest BCUT2D eigenvalue weighted by atomic mass is 9.78. The van der Waals surface area contributed by atoms with E-state index in [9.17, 15) is 9.59 Å². The quantitative estimate of drug-likeness (QED) is 0.495. The summed E-state index contributed by atoms with van der Waals surface area (Å²) in [4.78, 5) is 21.8. The third kappa shape index (κ3) is 2.68. The Bertz CT molecular complexity index is 265. The second-order valence-corrected chi connectivity index (χ2v) is 4.20. The van der Waals surface area contributed by atoms with Crippen molar-refractivity contribution >= 4 is 11.9 Å². The Morgan fingerprint density at radius 2 is 2.20 bits per heavy atom. The summed E-state index contributed by atoms with van der Waals surface area (Å²) >= 11 is 0. The summed E-state index contributed by atoms with van der Waals surface area (Å²) in [5.74, 6) is -0.368. The van der Waals surface area contributed by atoms with Crippen LogP contribution in [0.5, 0.6) is 0 Å². The maximum absolute atomic E-state index is 11.2. The Kier molecular flexibility index (Phi) is 3.68. The largest absolute Gasteiger partial charge is 0.466 e. The maximum Gasteiger partial charge on any atom is 0.302 e. The summed E-state index contributed by atoms with van der Waals surface area (Å²) in [5, 5.41) is 2.79. The van der Waals surface area contributed by atoms with E-state index in [1.54, 1.807) is 0 Å². The van der Waals surface area contributed by atoms with Gasteiger partial charge >= 0.3 is 5.97 Å². The van der Waals surface area contributed by atoms with Gasteiger partial charge in [0.25, 0.3) is 0 Å². The van der Waals surface area contributed by atoms with E-state index in [1.165, 1.54) is 6.92 Å². The first kappa shape index (κ1) is 12.0. The SMILES string of the molecule is CC(=O)OCC(C)[C@H]1NC(=O)[C@H]1C(C)N. The molecule has 0 aromatic carbocycles. The van der Waals surface area contributed by atoms with E-state index >= 15 is 0 Å². The van der Waals surface area contributed by atoms with Gasteiger partial charge in [-0.15, -0.1) is 0 Å². The molecule has 1 aliphatic heterocycles. The lowest BCUT2D eigenvalue weighted by Crippen LogP contribution is -2.66. The summed E-state index contributed by atoms with van der Waals surface area (Å²) in [6, 6.07) is -0.139. The third-order valence-electron chi connectivity index (χ3n) is 2.73. The van der Waals surface area contributed by atoms with Crippen LogP contribution in [-0.4, -0.2) is 30.6 Å². The van der Waals surface area contributed by atoms with E-state index in [2.05, 4.69) is 5.32 Å². The molecule has 1 fully saturated rings. The van der Waals surface area contributed by atoms with Crippen LogP contribution in [0.1, 0.15) is 20.8 Å². The van der Waals surface area contributed by atoms with Crippen LogP contribution in [-0.2, 0) is 14.3 Å². The predicted octanol–water partition coefficient (Wildman–Crippen LogP) is -0.353. The van der Waals surface area contributed by atoms with E-state index in [0.717, 1.165) is 0 Å². The Balaban J connectivity index is 2.43. The first-order chi connectivity index (χ1) is 6.93. The fourth-order valence-electron chi connectivity index (χ4n) is 1.83. The van der Waals surface area contributed by atoms with Crippen molar-refractivity contribution in [1.82, 2.24) is 5.32 Å². The zero-order chi connectivity index (χ0) is 11.6. The summed E-state index contributed by atoms with van der Waals surface area (Å²) in [6.07, 6.45) is 0. The normalized spacial score (nSPS) is 28.7. The lowest BCUT2D eigenvalue weighted by Gasteiger charge is -2.42. The topological polar surface area (TPSA) is 81.4 Å². The highest BCUT2D eigenvalue weighted by Gasteiger charge is 2.44. The van der Waals surface area contributed by atoms with Gasteiger partial charge in [0.1, 0.15) is 0 Å². The molecule has 15 heavy (non-hydrogen) atoms. The van der Waals surface area contributed by atoms with Crippen LogP contribution in [0.15, 0.2) is 0 Å². The molecule has 0 radical (unpaired) electrons. The number of hydrogen-bond donors (Lipinski definition) is 2. The van der Waals surface area contributed by atoms with Gasteiger partial charge < -0.3 is 15.8 Å². The second-order valence-electron chi connectivity index (χ2n) is 4.20. The van der Waals surface area contributed by atoms with Crippen LogP contribution < -0.4 is 11.1 Å². The van der Waals surface area contributed by atoms with Crippen LogP contribution >= 0.6 is 0 Å². The van der Waals surface area contributed by atoms with Gasteiger partial charge in [-0.1, -0.05) is 6.92 Å². The summed E-state index contributed by atoms with van der Waals surface area (Å²) in [5.41, 5.74) is 5.70. The summed E-state index contributed by atoms with van der Waals surface area (Å²) in [7, 11) is 0. The van der Waals surface area contributed by atoms with Gasteiger partial charge in [-0.3, -0.25) is 9.59 Å². The number of nitrogens with one attached hydrogen (secondary N) is 1. The third-order valence-corrected chi connectivity index (χ3v) is 2.73. The van der Waals surface area contributed by atoms with Crippen molar-refractivity contribution in [2.24, 2.45) is 17.6 Å². The van der Waals surface area contributed by atoms with Crippen molar-refractivity contribution < 1.29 is 14.3 Å². The zero-order valence-corrected chi connectivity index (χ0v) is 9.32. The summed E-state index contributed by atoms with van der Waals surface area (Å²) in [6.45, 7) is 5.44. The molecule has 0 spiro atoms. The van der Waals surface area contributed by atoms with Crippen LogP contribution in [0.4, 0.5) is 0 Å². The standard InChI is InChI=1S/C10H18N2O3/c1-5(4-15-7(3)13)9-8(6(2)11)10(14)12-9/h5-6,8-9H,4,11H2,1-3H3,(H,12,14)/t5?,6?,8-,9+/m0/s1. The fraction of sp³-hybridized carbons (Fsp3) is 0.800. The molecule has 0 aliphatic carbocycles. The molecule has 1 saturated heterocycles. The Morgan fingerprint density at radius 1 is 1.60 bits per heavy atom. The first-order valence-corrected chi connectivity index (χ1v) is 5.12. The molecule has 0 aromatic rings. The van der Waals surface area contributed by atoms with E-state index < -0.39 is 0 Å². The average molecular weight is 214 g/mol. The molecular formula is C10H18N2O3. The molecule has 1 heterocycles. The second kappa shape index (κ2) is 4.61. The van der Waals surface area contributed by atoms with Gasteiger partial charge in [-0.25, -0.2) is 0 Å². The van der Waals surface area contributed by atoms with Crippen LogP contribution in [0.25, 0.3) is 0 Å². The van der Waals surface area contributed by atoms with Crippen LogP contribution in [0.3, 0.4) is 0 Å². The molecule has 1 amide bonds. The number of ether oxygens (including phenoxy) is 1. The molecule has 1 aliphatic rings. The highest BCUT2D eigenvalue weighted by atomic mass is 16.5. The minimum Gasteiger partial charge on any atom is -0.466 e. The molecule has 0 saturated carbocycles. The molecular weight excluding hydrogens is 196 g/mol. The van der Waals surface area contributed by atoms with Crippen molar-refractivity contribution in [2.75, 3.05) is 6.61 Å². The summed E-state index contributed by atoms with van der Waals surface area (Å²) < 4.78 is 4.89. The van der Waals surface area contributed by atoms with Gasteiger partial charge in [-0.05, 0) is 6.92 Å². The van der Waals surface area contributed by atoms with Crippen molar-refractivity contribution in [3.05, 3.63) is 0 Å². The van der Waals surface area contributed by atoms with Crippen molar-refractivity contribution in [2.45, 2.75) is 32.9 Å². The van der Waals surface area contributed by atoms with Crippen molar-refractivity contribution in [3.63, 3.8) is 0 Å². The number of carbonyl (C=O) groups excluding carboxylic acids is 2. The van der Waals surface area contributed by atoms with Gasteiger partial charge in [0.15, 0.2) is 0 Å². The van der Waals surface area contributed by atoms with E-state index in [-0.39, 0.29) is 35.8 Å². The van der Waals surface area contributed by atoms with Gasteiger partial charge in [0.05, 0.1) is 12.5 Å². The zero-order valence-electron chi connectivity index (χ0n) is 9.32. The number of esters is 1. The van der Waals surface area contributed by atoms with Crippen LogP contribution in [0, 0.1) is 11.8 Å². The minimum atomic E-state index is -0.301. The number of carbonyl (C=O) groups is 2. The molecule has 86 valence electrons. The van der Waals surface area contributed by atoms with Gasteiger partial charge in [0.2, 0.25) is 5.91 Å². The monoisotopic (exact) mass is 214 g/mol.